The summed E-state index contributed by atoms with van der Waals surface area (Å²) in [6.07, 6.45) is 7.15. The number of urea groups is 1. The molecule has 0 saturated carbocycles. The van der Waals surface area contributed by atoms with E-state index in [1.165, 1.54) is 0 Å². The van der Waals surface area contributed by atoms with Crippen LogP contribution in [-0.4, -0.2) is 35.0 Å². The maximum absolute atomic E-state index is 13.7. The van der Waals surface area contributed by atoms with Crippen molar-refractivity contribution in [3.63, 3.8) is 0 Å². The zero-order valence-corrected chi connectivity index (χ0v) is 23.6. The average Bonchev–Trinajstić information content (AvgIpc) is 2.99. The minimum atomic E-state index is -0.0830. The van der Waals surface area contributed by atoms with E-state index in [2.05, 4.69) is 17.6 Å². The van der Waals surface area contributed by atoms with Crippen LogP contribution in [0.3, 0.4) is 0 Å². The first-order chi connectivity index (χ1) is 18.6. The molecular formula is C32H41N3O3. The molecule has 202 valence electrons. The molecule has 6 nitrogen and oxygen atoms in total. The molecule has 0 radical (unpaired) electrons. The largest absolute Gasteiger partial charge is 0.497 e. The predicted octanol–water partition coefficient (Wildman–Crippen LogP) is 7.62. The molecule has 38 heavy (non-hydrogen) atoms. The van der Waals surface area contributed by atoms with Gasteiger partial charge in [0.1, 0.15) is 11.5 Å². The van der Waals surface area contributed by atoms with E-state index in [-0.39, 0.29) is 6.03 Å². The Balaban J connectivity index is 0.00000121. The molecule has 2 aromatic carbocycles. The molecule has 0 bridgehead atoms. The molecule has 0 saturated heterocycles. The molecular weight excluding hydrogens is 474 g/mol. The zero-order chi connectivity index (χ0) is 27.9. The highest BCUT2D eigenvalue weighted by atomic mass is 16.5. The van der Waals surface area contributed by atoms with Gasteiger partial charge in [-0.1, -0.05) is 64.6 Å². The Morgan fingerprint density at radius 3 is 1.74 bits per heavy atom. The smallest absolute Gasteiger partial charge is 0.329 e. The van der Waals surface area contributed by atoms with E-state index in [4.69, 9.17) is 9.47 Å². The second kappa shape index (κ2) is 15.9. The van der Waals surface area contributed by atoms with Crippen LogP contribution in [0.1, 0.15) is 50.8 Å². The van der Waals surface area contributed by atoms with Crippen molar-refractivity contribution in [1.29, 1.82) is 0 Å². The maximum atomic E-state index is 13.7. The van der Waals surface area contributed by atoms with Crippen molar-refractivity contribution in [2.75, 3.05) is 14.2 Å². The highest BCUT2D eigenvalue weighted by molar-refractivity contribution is 5.80. The van der Waals surface area contributed by atoms with Crippen LogP contribution < -0.4 is 9.47 Å². The van der Waals surface area contributed by atoms with Gasteiger partial charge in [0.15, 0.2) is 0 Å². The number of aryl methyl sites for hydroxylation is 1. The first-order valence-corrected chi connectivity index (χ1v) is 13.2. The normalized spacial score (nSPS) is 12.5. The number of hydrogen-bond donors (Lipinski definition) is 0. The summed E-state index contributed by atoms with van der Waals surface area (Å²) in [5.41, 5.74) is 4.80. The Bertz CT molecular complexity index is 1160. The molecule has 0 fully saturated rings. The van der Waals surface area contributed by atoms with Crippen molar-refractivity contribution in [3.05, 3.63) is 114 Å². The van der Waals surface area contributed by atoms with Crippen molar-refractivity contribution in [1.82, 2.24) is 14.8 Å². The zero-order valence-electron chi connectivity index (χ0n) is 23.6. The van der Waals surface area contributed by atoms with Crippen molar-refractivity contribution in [2.45, 2.75) is 53.6 Å². The quantitative estimate of drug-likeness (QED) is 0.294. The fourth-order valence-corrected chi connectivity index (χ4v) is 3.93. The number of ether oxygens (including phenoxy) is 2. The molecule has 6 heteroatoms. The van der Waals surface area contributed by atoms with E-state index in [9.17, 15) is 4.79 Å². The molecule has 1 aliphatic heterocycles. The molecule has 0 unspecified atom stereocenters. The summed E-state index contributed by atoms with van der Waals surface area (Å²) in [4.78, 5) is 21.5. The molecule has 0 spiro atoms. The van der Waals surface area contributed by atoms with Crippen LogP contribution in [0.15, 0.2) is 97.1 Å². The fourth-order valence-electron chi connectivity index (χ4n) is 3.93. The van der Waals surface area contributed by atoms with Crippen molar-refractivity contribution in [2.24, 2.45) is 0 Å². The Kier molecular flexibility index (Phi) is 12.6. The molecule has 2 heterocycles. The highest BCUT2D eigenvalue weighted by Crippen LogP contribution is 2.29. The second-order valence-electron chi connectivity index (χ2n) is 8.14. The van der Waals surface area contributed by atoms with Gasteiger partial charge in [0.2, 0.25) is 0 Å². The minimum absolute atomic E-state index is 0.0830. The van der Waals surface area contributed by atoms with Crippen LogP contribution in [0.25, 0.3) is 0 Å². The van der Waals surface area contributed by atoms with Gasteiger partial charge in [0, 0.05) is 23.8 Å². The second-order valence-corrected chi connectivity index (χ2v) is 8.14. The summed E-state index contributed by atoms with van der Waals surface area (Å²) in [5, 5.41) is 0. The first-order valence-electron chi connectivity index (χ1n) is 13.2. The van der Waals surface area contributed by atoms with Crippen LogP contribution in [0, 0.1) is 0 Å². The molecule has 1 aromatic heterocycles. The third-order valence-electron chi connectivity index (χ3n) is 5.88. The lowest BCUT2D eigenvalue weighted by Gasteiger charge is -2.37. The van der Waals surface area contributed by atoms with E-state index >= 15 is 0 Å². The number of nitrogens with zero attached hydrogens (tertiary/aromatic N) is 3. The van der Waals surface area contributed by atoms with Crippen LogP contribution in [-0.2, 0) is 19.5 Å². The lowest BCUT2D eigenvalue weighted by molar-refractivity contribution is 0.168. The third kappa shape index (κ3) is 8.23. The molecule has 3 aromatic rings. The summed E-state index contributed by atoms with van der Waals surface area (Å²) in [5.74, 6) is 1.57. The van der Waals surface area contributed by atoms with Gasteiger partial charge in [0.05, 0.1) is 27.3 Å². The van der Waals surface area contributed by atoms with E-state index in [0.29, 0.717) is 25.2 Å². The van der Waals surface area contributed by atoms with Crippen LogP contribution in [0.5, 0.6) is 11.5 Å². The van der Waals surface area contributed by atoms with Crippen LogP contribution in [0.4, 0.5) is 4.79 Å². The minimum Gasteiger partial charge on any atom is -0.497 e. The number of allylic oxidation sites excluding steroid dienone is 2. The van der Waals surface area contributed by atoms with Crippen LogP contribution in [0.2, 0.25) is 0 Å². The molecule has 2 amide bonds. The predicted molar refractivity (Wildman–Crippen MR) is 155 cm³/mol. The summed E-state index contributed by atoms with van der Waals surface area (Å²) in [6, 6.07) is 19.4. The van der Waals surface area contributed by atoms with Gasteiger partial charge in [-0.05, 0) is 65.9 Å². The number of pyridine rings is 1. The number of carbonyl (C=O) groups is 1. The van der Waals surface area contributed by atoms with Gasteiger partial charge in [-0.3, -0.25) is 14.8 Å². The van der Waals surface area contributed by atoms with Crippen molar-refractivity contribution >= 4 is 6.03 Å². The summed E-state index contributed by atoms with van der Waals surface area (Å²) in [6.45, 7) is 13.1. The van der Waals surface area contributed by atoms with Crippen molar-refractivity contribution in [3.8, 4) is 11.5 Å². The number of carbonyl (C=O) groups excluding carboxylic acids is 1. The third-order valence-corrected chi connectivity index (χ3v) is 5.88. The topological polar surface area (TPSA) is 54.9 Å². The van der Waals surface area contributed by atoms with E-state index < -0.39 is 0 Å². The summed E-state index contributed by atoms with van der Waals surface area (Å²) in [7, 11) is 3.28. The number of rotatable bonds is 9. The van der Waals surface area contributed by atoms with Gasteiger partial charge in [-0.2, -0.15) is 0 Å². The Morgan fingerprint density at radius 2 is 1.26 bits per heavy atom. The fraction of sp³-hybridized carbons (Fsp3) is 0.312. The first kappa shape index (κ1) is 30.2. The Labute approximate surface area is 228 Å². The van der Waals surface area contributed by atoms with Gasteiger partial charge >= 0.3 is 6.03 Å². The Morgan fingerprint density at radius 1 is 0.737 bits per heavy atom. The Hall–Kier alpha value is -4.06. The standard InChI is InChI=1S/C28H29N3O3.2C2H6/c1-21-17-25(11-6-22-5-4-16-29-18-22)31(20-24-9-14-27(34-3)15-10-24)28(32)30(21)19-23-7-12-26(33-2)13-8-23;2*1-2/h4-5,7-10,12-18H,1,6,11,19-20H2,2-3H3;2*1-2H3. The maximum Gasteiger partial charge on any atom is 0.329 e. The van der Waals surface area contributed by atoms with E-state index in [1.807, 2.05) is 99.5 Å². The summed E-state index contributed by atoms with van der Waals surface area (Å²) >= 11 is 0. The van der Waals surface area contributed by atoms with Gasteiger partial charge in [-0.25, -0.2) is 4.79 Å². The van der Waals surface area contributed by atoms with Gasteiger partial charge < -0.3 is 9.47 Å². The number of amides is 2. The molecule has 4 rings (SSSR count). The van der Waals surface area contributed by atoms with E-state index in [1.54, 1.807) is 25.3 Å². The number of aromatic nitrogens is 1. The summed E-state index contributed by atoms with van der Waals surface area (Å²) < 4.78 is 10.5. The molecule has 0 N–H and O–H groups in total. The number of methoxy groups -OCH3 is 2. The van der Waals surface area contributed by atoms with Gasteiger partial charge in [-0.15, -0.1) is 0 Å². The monoisotopic (exact) mass is 515 g/mol. The van der Waals surface area contributed by atoms with Crippen molar-refractivity contribution < 1.29 is 14.3 Å². The lowest BCUT2D eigenvalue weighted by atomic mass is 10.1. The van der Waals surface area contributed by atoms with E-state index in [0.717, 1.165) is 40.3 Å². The SMILES string of the molecule is C=C1C=C(CCc2cccnc2)N(Cc2ccc(OC)cc2)C(=O)N1Cc1ccc(OC)cc1.CC.CC. The average molecular weight is 516 g/mol. The van der Waals surface area contributed by atoms with Gasteiger partial charge in [0.25, 0.3) is 0 Å². The number of benzene rings is 2. The highest BCUT2D eigenvalue weighted by Gasteiger charge is 2.30. The van der Waals surface area contributed by atoms with Crippen LogP contribution >= 0.6 is 0 Å². The molecule has 1 aliphatic rings. The lowest BCUT2D eigenvalue weighted by Crippen LogP contribution is -2.44. The molecule has 0 atom stereocenters. The number of hydrogen-bond acceptors (Lipinski definition) is 4. The molecule has 0 aliphatic carbocycles.